The molecular weight excluding hydrogens is 254 g/mol. The first kappa shape index (κ1) is 15.0. The maximum atomic E-state index is 11.6. The molecule has 1 saturated heterocycles. The normalized spacial score (nSPS) is 18.4. The zero-order valence-corrected chi connectivity index (χ0v) is 12.3. The van der Waals surface area contributed by atoms with Crippen LogP contribution >= 0.6 is 0 Å². The van der Waals surface area contributed by atoms with Crippen molar-refractivity contribution in [1.29, 1.82) is 0 Å². The van der Waals surface area contributed by atoms with Gasteiger partial charge < -0.3 is 9.47 Å². The van der Waals surface area contributed by atoms with Gasteiger partial charge in [0, 0.05) is 19.7 Å². The third-order valence-corrected chi connectivity index (χ3v) is 3.46. The molecule has 4 nitrogen and oxygen atoms in total. The number of nitrogens with zero attached hydrogens (tertiary/aromatic N) is 1. The lowest BCUT2D eigenvalue weighted by Crippen LogP contribution is -2.28. The van der Waals surface area contributed by atoms with Crippen LogP contribution in [0.2, 0.25) is 0 Å². The maximum absolute atomic E-state index is 11.6. The SMILES string of the molecule is CCOC(=O)c1ccc(CN(C)CC2CCCO2)cc1. The van der Waals surface area contributed by atoms with E-state index in [1.807, 2.05) is 31.2 Å². The van der Waals surface area contributed by atoms with Crippen LogP contribution in [-0.4, -0.2) is 43.8 Å². The van der Waals surface area contributed by atoms with Crippen molar-refractivity contribution in [3.63, 3.8) is 0 Å². The van der Waals surface area contributed by atoms with E-state index in [9.17, 15) is 4.79 Å². The van der Waals surface area contributed by atoms with Crippen molar-refractivity contribution in [2.75, 3.05) is 26.8 Å². The second kappa shape index (κ2) is 7.41. The summed E-state index contributed by atoms with van der Waals surface area (Å²) in [5.74, 6) is -0.258. The van der Waals surface area contributed by atoms with Crippen LogP contribution in [0.5, 0.6) is 0 Å². The largest absolute Gasteiger partial charge is 0.462 e. The minimum absolute atomic E-state index is 0.258. The Morgan fingerprint density at radius 1 is 1.40 bits per heavy atom. The fourth-order valence-corrected chi connectivity index (χ4v) is 2.47. The molecule has 0 bridgehead atoms. The van der Waals surface area contributed by atoms with E-state index in [-0.39, 0.29) is 5.97 Å². The van der Waals surface area contributed by atoms with Crippen LogP contribution in [0.15, 0.2) is 24.3 Å². The lowest BCUT2D eigenvalue weighted by Gasteiger charge is -2.20. The van der Waals surface area contributed by atoms with Gasteiger partial charge in [0.05, 0.1) is 18.3 Å². The quantitative estimate of drug-likeness (QED) is 0.749. The zero-order valence-electron chi connectivity index (χ0n) is 12.3. The Balaban J connectivity index is 1.84. The van der Waals surface area contributed by atoms with E-state index < -0.39 is 0 Å². The highest BCUT2D eigenvalue weighted by molar-refractivity contribution is 5.89. The van der Waals surface area contributed by atoms with Gasteiger partial charge >= 0.3 is 5.97 Å². The van der Waals surface area contributed by atoms with Crippen LogP contribution in [0.25, 0.3) is 0 Å². The molecular formula is C16H23NO3. The highest BCUT2D eigenvalue weighted by atomic mass is 16.5. The molecule has 1 atom stereocenters. The van der Waals surface area contributed by atoms with Crippen LogP contribution in [0.4, 0.5) is 0 Å². The van der Waals surface area contributed by atoms with Gasteiger partial charge in [0.25, 0.3) is 0 Å². The molecule has 0 N–H and O–H groups in total. The number of likely N-dealkylation sites (N-methyl/N-ethyl adjacent to an activating group) is 1. The zero-order chi connectivity index (χ0) is 14.4. The molecule has 0 saturated carbocycles. The first-order chi connectivity index (χ1) is 9.69. The molecule has 1 heterocycles. The predicted molar refractivity (Wildman–Crippen MR) is 77.7 cm³/mol. The highest BCUT2D eigenvalue weighted by Gasteiger charge is 2.17. The number of hydrogen-bond acceptors (Lipinski definition) is 4. The van der Waals surface area contributed by atoms with Gasteiger partial charge in [0.1, 0.15) is 0 Å². The molecule has 0 radical (unpaired) electrons. The van der Waals surface area contributed by atoms with Gasteiger partial charge in [-0.1, -0.05) is 12.1 Å². The van der Waals surface area contributed by atoms with Crippen LogP contribution in [0, 0.1) is 0 Å². The Morgan fingerprint density at radius 2 is 2.15 bits per heavy atom. The molecule has 20 heavy (non-hydrogen) atoms. The molecule has 0 aliphatic carbocycles. The second-order valence-corrected chi connectivity index (χ2v) is 5.25. The van der Waals surface area contributed by atoms with Crippen molar-refractivity contribution in [3.05, 3.63) is 35.4 Å². The maximum Gasteiger partial charge on any atom is 0.338 e. The average molecular weight is 277 g/mol. The third-order valence-electron chi connectivity index (χ3n) is 3.46. The van der Waals surface area contributed by atoms with Gasteiger partial charge in [-0.25, -0.2) is 4.79 Å². The van der Waals surface area contributed by atoms with Gasteiger partial charge in [0.2, 0.25) is 0 Å². The molecule has 0 spiro atoms. The number of rotatable bonds is 6. The summed E-state index contributed by atoms with van der Waals surface area (Å²) in [6, 6.07) is 7.62. The Kier molecular flexibility index (Phi) is 5.56. The van der Waals surface area contributed by atoms with Crippen molar-refractivity contribution in [1.82, 2.24) is 4.90 Å². The molecule has 1 aromatic rings. The average Bonchev–Trinajstić information content (AvgIpc) is 2.92. The van der Waals surface area contributed by atoms with E-state index in [1.165, 1.54) is 12.0 Å². The summed E-state index contributed by atoms with van der Waals surface area (Å²) in [5.41, 5.74) is 1.80. The topological polar surface area (TPSA) is 38.8 Å². The van der Waals surface area contributed by atoms with Gasteiger partial charge in [-0.15, -0.1) is 0 Å². The molecule has 4 heteroatoms. The Hall–Kier alpha value is -1.39. The van der Waals surface area contributed by atoms with Crippen molar-refractivity contribution < 1.29 is 14.3 Å². The van der Waals surface area contributed by atoms with E-state index in [0.717, 1.165) is 26.1 Å². The number of esters is 1. The van der Waals surface area contributed by atoms with Gasteiger partial charge in [0.15, 0.2) is 0 Å². The fraction of sp³-hybridized carbons (Fsp3) is 0.562. The van der Waals surface area contributed by atoms with Crippen LogP contribution < -0.4 is 0 Å². The molecule has 2 rings (SSSR count). The Bertz CT molecular complexity index is 424. The first-order valence-electron chi connectivity index (χ1n) is 7.25. The van der Waals surface area contributed by atoms with Crippen molar-refractivity contribution >= 4 is 5.97 Å². The van der Waals surface area contributed by atoms with Crippen molar-refractivity contribution in [3.8, 4) is 0 Å². The minimum Gasteiger partial charge on any atom is -0.462 e. The summed E-state index contributed by atoms with van der Waals surface area (Å²) in [6.07, 6.45) is 2.71. The monoisotopic (exact) mass is 277 g/mol. The fourth-order valence-electron chi connectivity index (χ4n) is 2.47. The summed E-state index contributed by atoms with van der Waals surface area (Å²) in [6.45, 7) is 4.94. The first-order valence-corrected chi connectivity index (χ1v) is 7.25. The van der Waals surface area contributed by atoms with Crippen molar-refractivity contribution in [2.45, 2.75) is 32.4 Å². The third kappa shape index (κ3) is 4.32. The van der Waals surface area contributed by atoms with E-state index in [0.29, 0.717) is 18.3 Å². The molecule has 1 aliphatic rings. The molecule has 0 amide bonds. The standard InChI is InChI=1S/C16H23NO3/c1-3-19-16(18)14-8-6-13(7-9-14)11-17(2)12-15-5-4-10-20-15/h6-9,15H,3-5,10-12H2,1-2H3. The van der Waals surface area contributed by atoms with E-state index in [2.05, 4.69) is 11.9 Å². The minimum atomic E-state index is -0.258. The second-order valence-electron chi connectivity index (χ2n) is 5.25. The molecule has 0 aromatic heterocycles. The van der Waals surface area contributed by atoms with Gasteiger partial charge in [-0.05, 0) is 44.5 Å². The van der Waals surface area contributed by atoms with Crippen molar-refractivity contribution in [2.24, 2.45) is 0 Å². The number of benzene rings is 1. The summed E-state index contributed by atoms with van der Waals surface area (Å²) < 4.78 is 10.6. The molecule has 110 valence electrons. The Labute approximate surface area is 120 Å². The molecule has 1 aromatic carbocycles. The lowest BCUT2D eigenvalue weighted by molar-refractivity contribution is 0.0526. The summed E-state index contributed by atoms with van der Waals surface area (Å²) in [7, 11) is 2.10. The van der Waals surface area contributed by atoms with Crippen LogP contribution in [0.1, 0.15) is 35.7 Å². The summed E-state index contributed by atoms with van der Waals surface area (Å²) in [4.78, 5) is 13.8. The smallest absolute Gasteiger partial charge is 0.338 e. The summed E-state index contributed by atoms with van der Waals surface area (Å²) in [5, 5.41) is 0. The van der Waals surface area contributed by atoms with Gasteiger partial charge in [-0.2, -0.15) is 0 Å². The van der Waals surface area contributed by atoms with Crippen LogP contribution in [0.3, 0.4) is 0 Å². The summed E-state index contributed by atoms with van der Waals surface area (Å²) >= 11 is 0. The lowest BCUT2D eigenvalue weighted by atomic mass is 10.1. The molecule has 1 aliphatic heterocycles. The number of ether oxygens (including phenoxy) is 2. The van der Waals surface area contributed by atoms with E-state index >= 15 is 0 Å². The van der Waals surface area contributed by atoms with E-state index in [1.54, 1.807) is 0 Å². The van der Waals surface area contributed by atoms with Gasteiger partial charge in [-0.3, -0.25) is 4.90 Å². The number of carbonyl (C=O) groups is 1. The molecule has 1 fully saturated rings. The highest BCUT2D eigenvalue weighted by Crippen LogP contribution is 2.14. The Morgan fingerprint density at radius 3 is 2.75 bits per heavy atom. The number of hydrogen-bond donors (Lipinski definition) is 0. The molecule has 1 unspecified atom stereocenters. The van der Waals surface area contributed by atoms with Crippen LogP contribution in [-0.2, 0) is 16.0 Å². The predicted octanol–water partition coefficient (Wildman–Crippen LogP) is 2.47. The van der Waals surface area contributed by atoms with E-state index in [4.69, 9.17) is 9.47 Å². The number of carbonyl (C=O) groups excluding carboxylic acids is 1.